The highest BCUT2D eigenvalue weighted by Gasteiger charge is 2.30. The van der Waals surface area contributed by atoms with Gasteiger partial charge in [-0.05, 0) is 31.4 Å². The van der Waals surface area contributed by atoms with E-state index in [-0.39, 0.29) is 12.1 Å². The molecule has 2 atom stereocenters. The number of nitrogens with zero attached hydrogens (tertiary/aromatic N) is 3. The number of hydrogen-bond donors (Lipinski definition) is 1. The van der Waals surface area contributed by atoms with E-state index in [9.17, 15) is 5.11 Å². The third-order valence-electron chi connectivity index (χ3n) is 4.27. The van der Waals surface area contributed by atoms with Gasteiger partial charge in [0.2, 0.25) is 0 Å². The van der Waals surface area contributed by atoms with Gasteiger partial charge < -0.3 is 9.67 Å². The molecule has 0 radical (unpaired) electrons. The first-order valence-corrected chi connectivity index (χ1v) is 7.65. The molecule has 1 fully saturated rings. The number of aryl methyl sites for hydroxylation is 1. The molecule has 1 aromatic carbocycles. The molecule has 0 aliphatic carbocycles. The summed E-state index contributed by atoms with van der Waals surface area (Å²) in [7, 11) is 1.99. The van der Waals surface area contributed by atoms with Crippen molar-refractivity contribution >= 4 is 0 Å². The van der Waals surface area contributed by atoms with Crippen molar-refractivity contribution in [2.75, 3.05) is 6.54 Å². The van der Waals surface area contributed by atoms with Crippen molar-refractivity contribution in [2.45, 2.75) is 38.0 Å². The highest BCUT2D eigenvalue weighted by molar-refractivity contribution is 5.16. The van der Waals surface area contributed by atoms with Crippen LogP contribution < -0.4 is 0 Å². The summed E-state index contributed by atoms with van der Waals surface area (Å²) in [5.41, 5.74) is 2.36. The normalized spacial score (nSPS) is 23.3. The first-order valence-electron chi connectivity index (χ1n) is 7.65. The lowest BCUT2D eigenvalue weighted by Gasteiger charge is -2.39. The summed E-state index contributed by atoms with van der Waals surface area (Å²) in [6.45, 7) is 1.85. The number of aromatic nitrogens is 2. The van der Waals surface area contributed by atoms with Crippen molar-refractivity contribution in [3.8, 4) is 0 Å². The van der Waals surface area contributed by atoms with E-state index in [1.54, 1.807) is 0 Å². The van der Waals surface area contributed by atoms with Crippen molar-refractivity contribution < 1.29 is 5.11 Å². The molecule has 112 valence electrons. The topological polar surface area (TPSA) is 41.3 Å². The maximum atomic E-state index is 10.4. The zero-order chi connectivity index (χ0) is 14.7. The molecule has 0 unspecified atom stereocenters. The minimum atomic E-state index is -0.248. The SMILES string of the molecule is Cn1cnc(CN2CCC[C@H](O)[C@@H]2Cc2ccccc2)c1. The summed E-state index contributed by atoms with van der Waals surface area (Å²) < 4.78 is 1.97. The Labute approximate surface area is 126 Å². The molecule has 3 rings (SSSR count). The lowest BCUT2D eigenvalue weighted by atomic mass is 9.93. The monoisotopic (exact) mass is 285 g/mol. The Morgan fingerprint density at radius 2 is 2.10 bits per heavy atom. The Hall–Kier alpha value is -1.65. The van der Waals surface area contributed by atoms with Gasteiger partial charge in [-0.2, -0.15) is 0 Å². The molecule has 1 N–H and O–H groups in total. The van der Waals surface area contributed by atoms with Crippen LogP contribution in [0, 0.1) is 0 Å². The number of benzene rings is 1. The maximum absolute atomic E-state index is 10.4. The zero-order valence-electron chi connectivity index (χ0n) is 12.5. The molecule has 1 aliphatic rings. The molecule has 4 heteroatoms. The van der Waals surface area contributed by atoms with Crippen molar-refractivity contribution in [1.82, 2.24) is 14.5 Å². The predicted octanol–water partition coefficient (Wildman–Crippen LogP) is 1.99. The van der Waals surface area contributed by atoms with Crippen LogP contribution >= 0.6 is 0 Å². The molecule has 2 heterocycles. The molecule has 0 spiro atoms. The van der Waals surface area contributed by atoms with Gasteiger partial charge in [-0.1, -0.05) is 30.3 Å². The molecule has 1 aliphatic heterocycles. The van der Waals surface area contributed by atoms with E-state index in [0.717, 1.165) is 38.0 Å². The van der Waals surface area contributed by atoms with Crippen molar-refractivity contribution in [1.29, 1.82) is 0 Å². The number of aliphatic hydroxyl groups is 1. The Morgan fingerprint density at radius 1 is 1.29 bits per heavy atom. The van der Waals surface area contributed by atoms with Gasteiger partial charge in [0.25, 0.3) is 0 Å². The second-order valence-electron chi connectivity index (χ2n) is 5.97. The molecule has 0 saturated carbocycles. The molecule has 1 aromatic heterocycles. The van der Waals surface area contributed by atoms with Crippen LogP contribution in [0.3, 0.4) is 0 Å². The van der Waals surface area contributed by atoms with Crippen LogP contribution in [0.5, 0.6) is 0 Å². The predicted molar refractivity (Wildman–Crippen MR) is 82.8 cm³/mol. The molecule has 4 nitrogen and oxygen atoms in total. The highest BCUT2D eigenvalue weighted by atomic mass is 16.3. The van der Waals surface area contributed by atoms with Gasteiger partial charge in [-0.25, -0.2) is 4.98 Å². The van der Waals surface area contributed by atoms with E-state index in [1.807, 2.05) is 24.0 Å². The van der Waals surface area contributed by atoms with E-state index in [2.05, 4.69) is 40.3 Å². The smallest absolute Gasteiger partial charge is 0.0947 e. The second-order valence-corrected chi connectivity index (χ2v) is 5.97. The number of likely N-dealkylation sites (tertiary alicyclic amines) is 1. The molecule has 0 amide bonds. The molecule has 21 heavy (non-hydrogen) atoms. The first kappa shape index (κ1) is 14.3. The average molecular weight is 285 g/mol. The summed E-state index contributed by atoms with van der Waals surface area (Å²) in [5.74, 6) is 0. The lowest BCUT2D eigenvalue weighted by molar-refractivity contribution is 0.00619. The summed E-state index contributed by atoms with van der Waals surface area (Å²) in [6, 6.07) is 10.6. The Morgan fingerprint density at radius 3 is 2.81 bits per heavy atom. The standard InChI is InChI=1S/C17H23N3O/c1-19-11-15(18-13-19)12-20-9-5-8-17(21)16(20)10-14-6-3-2-4-7-14/h2-4,6-7,11,13,16-17,21H,5,8-10,12H2,1H3/t16-,17-/m0/s1. The summed E-state index contributed by atoms with van der Waals surface area (Å²) in [5, 5.41) is 10.4. The van der Waals surface area contributed by atoms with Gasteiger partial charge in [-0.3, -0.25) is 4.90 Å². The Kier molecular flexibility index (Phi) is 4.36. The fourth-order valence-corrected chi connectivity index (χ4v) is 3.18. The van der Waals surface area contributed by atoms with Crippen LogP contribution in [0.15, 0.2) is 42.9 Å². The van der Waals surface area contributed by atoms with Gasteiger partial charge in [0, 0.05) is 25.8 Å². The number of aliphatic hydroxyl groups excluding tert-OH is 1. The summed E-state index contributed by atoms with van der Waals surface area (Å²) in [6.07, 6.45) is 6.50. The van der Waals surface area contributed by atoms with Crippen LogP contribution in [-0.4, -0.2) is 38.2 Å². The number of rotatable bonds is 4. The van der Waals surface area contributed by atoms with Gasteiger partial charge in [0.05, 0.1) is 18.1 Å². The van der Waals surface area contributed by atoms with Gasteiger partial charge >= 0.3 is 0 Å². The van der Waals surface area contributed by atoms with Gasteiger partial charge in [0.1, 0.15) is 0 Å². The molecular weight excluding hydrogens is 262 g/mol. The van der Waals surface area contributed by atoms with Crippen molar-refractivity contribution in [3.05, 3.63) is 54.1 Å². The van der Waals surface area contributed by atoms with Crippen LogP contribution in [0.1, 0.15) is 24.1 Å². The number of hydrogen-bond acceptors (Lipinski definition) is 3. The summed E-state index contributed by atoms with van der Waals surface area (Å²) >= 11 is 0. The summed E-state index contributed by atoms with van der Waals surface area (Å²) in [4.78, 5) is 6.79. The lowest BCUT2D eigenvalue weighted by Crippen LogP contribution is -2.48. The zero-order valence-corrected chi connectivity index (χ0v) is 12.5. The Bertz CT molecular complexity index is 566. The minimum absolute atomic E-state index is 0.183. The quantitative estimate of drug-likeness (QED) is 0.934. The fraction of sp³-hybridized carbons (Fsp3) is 0.471. The average Bonchev–Trinajstić information content (AvgIpc) is 2.89. The van der Waals surface area contributed by atoms with Gasteiger partial charge in [-0.15, -0.1) is 0 Å². The van der Waals surface area contributed by atoms with E-state index in [4.69, 9.17) is 0 Å². The van der Waals surface area contributed by atoms with Crippen LogP contribution in [0.4, 0.5) is 0 Å². The fourth-order valence-electron chi connectivity index (χ4n) is 3.18. The number of piperidine rings is 1. The van der Waals surface area contributed by atoms with Crippen molar-refractivity contribution in [2.24, 2.45) is 7.05 Å². The molecule has 2 aromatic rings. The largest absolute Gasteiger partial charge is 0.391 e. The van der Waals surface area contributed by atoms with Crippen LogP contribution in [0.2, 0.25) is 0 Å². The first-order chi connectivity index (χ1) is 10.2. The molecular formula is C17H23N3O. The van der Waals surface area contributed by atoms with E-state index < -0.39 is 0 Å². The molecule has 0 bridgehead atoms. The maximum Gasteiger partial charge on any atom is 0.0947 e. The second kappa shape index (κ2) is 6.41. The van der Waals surface area contributed by atoms with Crippen LogP contribution in [-0.2, 0) is 20.0 Å². The van der Waals surface area contributed by atoms with E-state index in [1.165, 1.54) is 5.56 Å². The molecule has 1 saturated heterocycles. The van der Waals surface area contributed by atoms with Crippen molar-refractivity contribution in [3.63, 3.8) is 0 Å². The van der Waals surface area contributed by atoms with E-state index >= 15 is 0 Å². The highest BCUT2D eigenvalue weighted by Crippen LogP contribution is 2.23. The third kappa shape index (κ3) is 3.52. The number of imidazole rings is 1. The third-order valence-corrected chi connectivity index (χ3v) is 4.27. The van der Waals surface area contributed by atoms with Crippen LogP contribution in [0.25, 0.3) is 0 Å². The minimum Gasteiger partial charge on any atom is -0.391 e. The Balaban J connectivity index is 1.73. The van der Waals surface area contributed by atoms with E-state index in [0.29, 0.717) is 0 Å². The van der Waals surface area contributed by atoms with Gasteiger partial charge in [0.15, 0.2) is 0 Å².